The quantitative estimate of drug-likeness (QED) is 0.907. The molecule has 1 aromatic heterocycles. The number of aromatic hydroxyl groups is 1. The van der Waals surface area contributed by atoms with Crippen LogP contribution >= 0.6 is 0 Å². The molecule has 1 aliphatic rings. The van der Waals surface area contributed by atoms with Gasteiger partial charge in [-0.3, -0.25) is 0 Å². The second kappa shape index (κ2) is 6.10. The third-order valence-electron chi connectivity index (χ3n) is 3.75. The Bertz CT molecular complexity index is 607. The molecule has 0 spiro atoms. The normalized spacial score (nSPS) is 15.9. The van der Waals surface area contributed by atoms with Gasteiger partial charge in [-0.05, 0) is 37.0 Å². The van der Waals surface area contributed by atoms with Gasteiger partial charge in [-0.2, -0.15) is 0 Å². The number of anilines is 1. The molecule has 5 heteroatoms. The number of aryl methyl sites for hydroxylation is 1. The zero-order valence-corrected chi connectivity index (χ0v) is 12.0. The van der Waals surface area contributed by atoms with Crippen LogP contribution in [-0.4, -0.2) is 34.3 Å². The van der Waals surface area contributed by atoms with E-state index in [9.17, 15) is 5.11 Å². The van der Waals surface area contributed by atoms with Gasteiger partial charge in [0.1, 0.15) is 5.75 Å². The minimum atomic E-state index is 0.289. The average Bonchev–Trinajstić information content (AvgIpc) is 2.52. The molecule has 1 saturated heterocycles. The Morgan fingerprint density at radius 1 is 1.14 bits per heavy atom. The number of ether oxygens (including phenoxy) is 1. The topological polar surface area (TPSA) is 67.3 Å². The average molecular weight is 285 g/mol. The lowest BCUT2D eigenvalue weighted by Crippen LogP contribution is -2.28. The zero-order chi connectivity index (χ0) is 14.7. The van der Waals surface area contributed by atoms with Crippen molar-refractivity contribution in [3.8, 4) is 16.9 Å². The Labute approximate surface area is 124 Å². The minimum Gasteiger partial charge on any atom is -0.508 e. The molecule has 1 aliphatic heterocycles. The van der Waals surface area contributed by atoms with Crippen molar-refractivity contribution < 1.29 is 9.84 Å². The molecule has 2 heterocycles. The number of benzene rings is 1. The van der Waals surface area contributed by atoms with Gasteiger partial charge in [0, 0.05) is 37.2 Å². The zero-order valence-electron chi connectivity index (χ0n) is 12.0. The molecule has 0 atom stereocenters. The Morgan fingerprint density at radius 2 is 1.86 bits per heavy atom. The van der Waals surface area contributed by atoms with Gasteiger partial charge in [0.05, 0.1) is 0 Å². The summed E-state index contributed by atoms with van der Waals surface area (Å²) in [6.07, 6.45) is 5.52. The van der Waals surface area contributed by atoms with Gasteiger partial charge in [0.15, 0.2) is 0 Å². The van der Waals surface area contributed by atoms with Crippen molar-refractivity contribution in [1.29, 1.82) is 0 Å². The molecule has 1 aromatic carbocycles. The molecule has 0 aliphatic carbocycles. The van der Waals surface area contributed by atoms with Gasteiger partial charge in [-0.1, -0.05) is 12.1 Å². The molecular formula is C16H19N3O2. The van der Waals surface area contributed by atoms with Crippen molar-refractivity contribution in [1.82, 2.24) is 9.97 Å². The molecule has 21 heavy (non-hydrogen) atoms. The third kappa shape index (κ3) is 3.31. The fraction of sp³-hybridized carbons (Fsp3) is 0.375. The minimum absolute atomic E-state index is 0.289. The molecule has 1 fully saturated rings. The molecule has 0 amide bonds. The van der Waals surface area contributed by atoms with Crippen molar-refractivity contribution in [3.05, 3.63) is 36.2 Å². The molecule has 0 radical (unpaired) electrons. The molecule has 0 saturated carbocycles. The molecule has 0 unspecified atom stereocenters. The number of aromatic nitrogens is 2. The molecule has 3 rings (SSSR count). The van der Waals surface area contributed by atoms with Crippen LogP contribution in [0.2, 0.25) is 0 Å². The Balaban J connectivity index is 1.72. The lowest BCUT2D eigenvalue weighted by atomic mass is 10.1. The maximum Gasteiger partial charge on any atom is 0.222 e. The van der Waals surface area contributed by atoms with E-state index in [4.69, 9.17) is 4.74 Å². The van der Waals surface area contributed by atoms with Crippen LogP contribution in [0.1, 0.15) is 18.4 Å². The summed E-state index contributed by atoms with van der Waals surface area (Å²) in [5.74, 6) is 0.930. The van der Waals surface area contributed by atoms with E-state index < -0.39 is 0 Å². The smallest absolute Gasteiger partial charge is 0.222 e. The van der Waals surface area contributed by atoms with Crippen LogP contribution in [0.25, 0.3) is 11.1 Å². The van der Waals surface area contributed by atoms with Gasteiger partial charge in [-0.25, -0.2) is 9.97 Å². The van der Waals surface area contributed by atoms with Gasteiger partial charge < -0.3 is 15.2 Å². The SMILES string of the molecule is Cc1ccc(-c2cnc(NC3CCOCC3)nc2)cc1O. The summed E-state index contributed by atoms with van der Waals surface area (Å²) in [5, 5.41) is 13.1. The summed E-state index contributed by atoms with van der Waals surface area (Å²) in [6, 6.07) is 5.96. The second-order valence-electron chi connectivity index (χ2n) is 5.33. The Hall–Kier alpha value is -2.14. The maximum absolute atomic E-state index is 9.77. The lowest BCUT2D eigenvalue weighted by molar-refractivity contribution is 0.0903. The summed E-state index contributed by atoms with van der Waals surface area (Å²) in [7, 11) is 0. The highest BCUT2D eigenvalue weighted by atomic mass is 16.5. The molecule has 0 bridgehead atoms. The number of nitrogens with one attached hydrogen (secondary N) is 1. The summed E-state index contributed by atoms with van der Waals surface area (Å²) in [4.78, 5) is 8.71. The summed E-state index contributed by atoms with van der Waals surface area (Å²) < 4.78 is 5.33. The third-order valence-corrected chi connectivity index (χ3v) is 3.75. The number of hydrogen-bond acceptors (Lipinski definition) is 5. The summed E-state index contributed by atoms with van der Waals surface area (Å²) in [5.41, 5.74) is 2.66. The van der Waals surface area contributed by atoms with E-state index in [0.717, 1.165) is 42.7 Å². The van der Waals surface area contributed by atoms with E-state index in [1.807, 2.05) is 19.1 Å². The number of nitrogens with zero attached hydrogens (tertiary/aromatic N) is 2. The van der Waals surface area contributed by atoms with Gasteiger partial charge in [-0.15, -0.1) is 0 Å². The van der Waals surface area contributed by atoms with Crippen LogP contribution in [0, 0.1) is 6.92 Å². The van der Waals surface area contributed by atoms with Crippen LogP contribution in [0.15, 0.2) is 30.6 Å². The van der Waals surface area contributed by atoms with Crippen molar-refractivity contribution >= 4 is 5.95 Å². The standard InChI is InChI=1S/C16H19N3O2/c1-11-2-3-12(8-15(11)20)13-9-17-16(18-10-13)19-14-4-6-21-7-5-14/h2-3,8-10,14,20H,4-7H2,1H3,(H,17,18,19). The Kier molecular flexibility index (Phi) is 4.01. The second-order valence-corrected chi connectivity index (χ2v) is 5.33. The molecule has 2 aromatic rings. The molecule has 110 valence electrons. The van der Waals surface area contributed by atoms with Crippen LogP contribution in [-0.2, 0) is 4.74 Å². The van der Waals surface area contributed by atoms with Crippen LogP contribution in [0.4, 0.5) is 5.95 Å². The summed E-state index contributed by atoms with van der Waals surface area (Å²) >= 11 is 0. The van der Waals surface area contributed by atoms with Crippen molar-refractivity contribution in [3.63, 3.8) is 0 Å². The van der Waals surface area contributed by atoms with Gasteiger partial charge in [0.2, 0.25) is 5.95 Å². The van der Waals surface area contributed by atoms with Crippen molar-refractivity contribution in [2.75, 3.05) is 18.5 Å². The highest BCUT2D eigenvalue weighted by molar-refractivity contribution is 5.64. The Morgan fingerprint density at radius 3 is 2.52 bits per heavy atom. The van der Waals surface area contributed by atoms with Gasteiger partial charge in [0.25, 0.3) is 0 Å². The van der Waals surface area contributed by atoms with Crippen LogP contribution < -0.4 is 5.32 Å². The molecule has 2 N–H and O–H groups in total. The predicted molar refractivity (Wildman–Crippen MR) is 81.3 cm³/mol. The maximum atomic E-state index is 9.77. The number of phenols is 1. The number of hydrogen-bond donors (Lipinski definition) is 2. The van der Waals surface area contributed by atoms with Crippen LogP contribution in [0.3, 0.4) is 0 Å². The van der Waals surface area contributed by atoms with Crippen molar-refractivity contribution in [2.24, 2.45) is 0 Å². The monoisotopic (exact) mass is 285 g/mol. The van der Waals surface area contributed by atoms with E-state index in [2.05, 4.69) is 15.3 Å². The molecule has 5 nitrogen and oxygen atoms in total. The van der Waals surface area contributed by atoms with E-state index >= 15 is 0 Å². The van der Waals surface area contributed by atoms with E-state index in [0.29, 0.717) is 12.0 Å². The predicted octanol–water partition coefficient (Wildman–Crippen LogP) is 2.75. The number of phenolic OH excluding ortho intramolecular Hbond substituents is 1. The largest absolute Gasteiger partial charge is 0.508 e. The molecular weight excluding hydrogens is 266 g/mol. The highest BCUT2D eigenvalue weighted by Crippen LogP contribution is 2.25. The van der Waals surface area contributed by atoms with E-state index in [1.54, 1.807) is 18.5 Å². The first kappa shape index (κ1) is 13.8. The number of rotatable bonds is 3. The van der Waals surface area contributed by atoms with E-state index in [1.165, 1.54) is 0 Å². The highest BCUT2D eigenvalue weighted by Gasteiger charge is 2.14. The summed E-state index contributed by atoms with van der Waals surface area (Å²) in [6.45, 7) is 3.45. The fourth-order valence-electron chi connectivity index (χ4n) is 2.37. The van der Waals surface area contributed by atoms with E-state index in [-0.39, 0.29) is 5.75 Å². The first-order chi connectivity index (χ1) is 10.2. The van der Waals surface area contributed by atoms with Crippen LogP contribution in [0.5, 0.6) is 5.75 Å². The first-order valence-electron chi connectivity index (χ1n) is 7.19. The first-order valence-corrected chi connectivity index (χ1v) is 7.19. The van der Waals surface area contributed by atoms with Crippen molar-refractivity contribution in [2.45, 2.75) is 25.8 Å². The van der Waals surface area contributed by atoms with Gasteiger partial charge >= 0.3 is 0 Å². The fourth-order valence-corrected chi connectivity index (χ4v) is 2.37. The lowest BCUT2D eigenvalue weighted by Gasteiger charge is -2.22.